The van der Waals surface area contributed by atoms with Crippen molar-refractivity contribution in [2.24, 2.45) is 10.3 Å². The van der Waals surface area contributed by atoms with Gasteiger partial charge in [-0.15, -0.1) is 0 Å². The molecule has 0 spiro atoms. The summed E-state index contributed by atoms with van der Waals surface area (Å²) in [6.45, 7) is 0.379. The highest BCUT2D eigenvalue weighted by atomic mass is 16.5. The first kappa shape index (κ1) is 17.0. The van der Waals surface area contributed by atoms with E-state index in [-0.39, 0.29) is 11.8 Å². The van der Waals surface area contributed by atoms with E-state index in [9.17, 15) is 9.59 Å². The molecule has 0 bridgehead atoms. The van der Waals surface area contributed by atoms with Crippen molar-refractivity contribution >= 4 is 17.5 Å². The highest BCUT2D eigenvalue weighted by Crippen LogP contribution is 2.33. The van der Waals surface area contributed by atoms with Crippen molar-refractivity contribution in [3.05, 3.63) is 54.1 Å². The fraction of sp³-hybridized carbons (Fsp3) is 0.263. The minimum atomic E-state index is -0.808. The highest BCUT2D eigenvalue weighted by Gasteiger charge is 2.54. The zero-order valence-corrected chi connectivity index (χ0v) is 14.9. The first-order valence-electron chi connectivity index (χ1n) is 8.44. The molecule has 138 valence electrons. The predicted octanol–water partition coefficient (Wildman–Crippen LogP) is 2.20. The topological polar surface area (TPSA) is 83.8 Å². The molecule has 0 unspecified atom stereocenters. The van der Waals surface area contributed by atoms with Gasteiger partial charge in [-0.2, -0.15) is 5.11 Å². The number of benzene rings is 2. The largest absolute Gasteiger partial charge is 0.497 e. The Morgan fingerprint density at radius 1 is 0.889 bits per heavy atom. The maximum Gasteiger partial charge on any atom is 0.263 e. The van der Waals surface area contributed by atoms with Gasteiger partial charge in [-0.3, -0.25) is 14.6 Å². The maximum atomic E-state index is 12.9. The molecule has 27 heavy (non-hydrogen) atoms. The molecule has 2 aromatic carbocycles. The van der Waals surface area contributed by atoms with Gasteiger partial charge in [0.05, 0.1) is 26.5 Å². The number of fused-ring (bicyclic) bond motifs is 1. The molecular weight excluding hydrogens is 348 g/mol. The fourth-order valence-electron chi connectivity index (χ4n) is 3.26. The third-order valence-corrected chi connectivity index (χ3v) is 4.69. The van der Waals surface area contributed by atoms with E-state index >= 15 is 0 Å². The number of methoxy groups -OCH3 is 2. The quantitative estimate of drug-likeness (QED) is 0.758. The van der Waals surface area contributed by atoms with Gasteiger partial charge in [0.1, 0.15) is 11.5 Å². The van der Waals surface area contributed by atoms with Gasteiger partial charge in [-0.05, 0) is 42.0 Å². The van der Waals surface area contributed by atoms with Crippen molar-refractivity contribution in [2.75, 3.05) is 19.1 Å². The Kier molecular flexibility index (Phi) is 4.23. The summed E-state index contributed by atoms with van der Waals surface area (Å²) >= 11 is 0. The van der Waals surface area contributed by atoms with Gasteiger partial charge in [-0.25, -0.2) is 4.90 Å². The highest BCUT2D eigenvalue weighted by molar-refractivity contribution is 6.25. The summed E-state index contributed by atoms with van der Waals surface area (Å²) in [5, 5.41) is 9.66. The lowest BCUT2D eigenvalue weighted by molar-refractivity contribution is -0.123. The lowest BCUT2D eigenvalue weighted by Gasteiger charge is -2.20. The number of imide groups is 1. The van der Waals surface area contributed by atoms with Crippen molar-refractivity contribution in [2.45, 2.75) is 18.6 Å². The second-order valence-electron chi connectivity index (χ2n) is 6.25. The minimum absolute atomic E-state index is 0.325. The third-order valence-electron chi connectivity index (χ3n) is 4.69. The summed E-state index contributed by atoms with van der Waals surface area (Å²) in [6.07, 6.45) is 0. The SMILES string of the molecule is COc1ccc(CN2N=N[C@H]3C(=O)N(c4ccc(OC)cc4)C(=O)[C@H]32)cc1. The van der Waals surface area contributed by atoms with Crippen LogP contribution in [0, 0.1) is 0 Å². The van der Waals surface area contributed by atoms with Crippen molar-refractivity contribution in [1.82, 2.24) is 5.01 Å². The molecule has 2 atom stereocenters. The molecule has 2 aliphatic heterocycles. The van der Waals surface area contributed by atoms with Crippen LogP contribution < -0.4 is 14.4 Å². The predicted molar refractivity (Wildman–Crippen MR) is 96.5 cm³/mol. The third kappa shape index (κ3) is 2.88. The number of carbonyl (C=O) groups is 2. The summed E-state index contributed by atoms with van der Waals surface area (Å²) in [4.78, 5) is 26.8. The molecule has 1 saturated heterocycles. The minimum Gasteiger partial charge on any atom is -0.497 e. The Morgan fingerprint density at radius 2 is 1.48 bits per heavy atom. The molecule has 2 amide bonds. The van der Waals surface area contributed by atoms with Crippen LogP contribution in [-0.4, -0.2) is 43.1 Å². The summed E-state index contributed by atoms with van der Waals surface area (Å²) < 4.78 is 10.3. The van der Waals surface area contributed by atoms with Gasteiger partial charge in [0.2, 0.25) is 0 Å². The smallest absolute Gasteiger partial charge is 0.263 e. The van der Waals surface area contributed by atoms with Gasteiger partial charge < -0.3 is 9.47 Å². The first-order valence-corrected chi connectivity index (χ1v) is 8.44. The summed E-state index contributed by atoms with van der Waals surface area (Å²) in [6, 6.07) is 12.7. The van der Waals surface area contributed by atoms with Crippen LogP contribution in [0.1, 0.15) is 5.56 Å². The second kappa shape index (κ2) is 6.71. The Morgan fingerprint density at radius 3 is 2.07 bits per heavy atom. The van der Waals surface area contributed by atoms with Crippen molar-refractivity contribution in [1.29, 1.82) is 0 Å². The number of amides is 2. The standard InChI is InChI=1S/C19H18N4O4/c1-26-14-7-3-12(4-8-14)11-22-17-16(20-21-22)18(24)23(19(17)25)13-5-9-15(27-2)10-6-13/h3-10,16-17H,11H2,1-2H3/t16-,17+/m1/s1. The van der Waals surface area contributed by atoms with Crippen LogP contribution in [-0.2, 0) is 16.1 Å². The maximum absolute atomic E-state index is 12.9. The number of ether oxygens (including phenoxy) is 2. The number of carbonyl (C=O) groups excluding carboxylic acids is 2. The van der Waals surface area contributed by atoms with E-state index in [2.05, 4.69) is 10.3 Å². The van der Waals surface area contributed by atoms with E-state index in [0.29, 0.717) is 18.0 Å². The molecule has 0 aliphatic carbocycles. The average Bonchev–Trinajstić information content (AvgIpc) is 3.22. The zero-order chi connectivity index (χ0) is 19.0. The van der Waals surface area contributed by atoms with Crippen LogP contribution in [0.3, 0.4) is 0 Å². The average molecular weight is 366 g/mol. The molecule has 2 aromatic rings. The first-order chi connectivity index (χ1) is 13.1. The van der Waals surface area contributed by atoms with E-state index in [1.807, 2.05) is 24.3 Å². The number of anilines is 1. The van der Waals surface area contributed by atoms with Gasteiger partial charge in [0.15, 0.2) is 12.1 Å². The van der Waals surface area contributed by atoms with Gasteiger partial charge in [0, 0.05) is 0 Å². The van der Waals surface area contributed by atoms with E-state index in [0.717, 1.165) is 11.3 Å². The lowest BCUT2D eigenvalue weighted by Crippen LogP contribution is -2.39. The summed E-state index contributed by atoms with van der Waals surface area (Å²) in [5.74, 6) is 0.709. The molecular formula is C19H18N4O4. The van der Waals surface area contributed by atoms with Crippen molar-refractivity contribution in [3.8, 4) is 11.5 Å². The van der Waals surface area contributed by atoms with Crippen LogP contribution in [0.4, 0.5) is 5.69 Å². The monoisotopic (exact) mass is 366 g/mol. The molecule has 0 aromatic heterocycles. The zero-order valence-electron chi connectivity index (χ0n) is 14.9. The number of nitrogens with zero attached hydrogens (tertiary/aromatic N) is 4. The molecule has 8 heteroatoms. The van der Waals surface area contributed by atoms with Gasteiger partial charge in [-0.1, -0.05) is 17.4 Å². The van der Waals surface area contributed by atoms with Crippen LogP contribution >= 0.6 is 0 Å². The summed E-state index contributed by atoms with van der Waals surface area (Å²) in [7, 11) is 3.16. The lowest BCUT2D eigenvalue weighted by atomic mass is 10.1. The molecule has 0 N–H and O–H groups in total. The fourth-order valence-corrected chi connectivity index (χ4v) is 3.26. The van der Waals surface area contributed by atoms with Gasteiger partial charge in [0.25, 0.3) is 11.8 Å². The van der Waals surface area contributed by atoms with E-state index in [1.165, 1.54) is 4.90 Å². The molecule has 8 nitrogen and oxygen atoms in total. The van der Waals surface area contributed by atoms with E-state index < -0.39 is 12.1 Å². The van der Waals surface area contributed by atoms with Crippen molar-refractivity contribution in [3.63, 3.8) is 0 Å². The number of rotatable bonds is 5. The normalized spacial score (nSPS) is 21.0. The number of hydrogen-bond donors (Lipinski definition) is 0. The van der Waals surface area contributed by atoms with E-state index in [4.69, 9.17) is 9.47 Å². The van der Waals surface area contributed by atoms with E-state index in [1.54, 1.807) is 43.5 Å². The van der Waals surface area contributed by atoms with Crippen LogP contribution in [0.2, 0.25) is 0 Å². The summed E-state index contributed by atoms with van der Waals surface area (Å²) in [5.41, 5.74) is 1.44. The molecule has 0 saturated carbocycles. The van der Waals surface area contributed by atoms with Crippen LogP contribution in [0.5, 0.6) is 11.5 Å². The second-order valence-corrected chi connectivity index (χ2v) is 6.25. The Balaban J connectivity index is 1.55. The molecule has 2 heterocycles. The molecule has 1 fully saturated rings. The Labute approximate surface area is 156 Å². The Hall–Kier alpha value is -3.42. The molecule has 4 rings (SSSR count). The van der Waals surface area contributed by atoms with Gasteiger partial charge >= 0.3 is 0 Å². The number of hydrogen-bond acceptors (Lipinski definition) is 7. The Bertz CT molecular complexity index is 895. The van der Waals surface area contributed by atoms with Crippen molar-refractivity contribution < 1.29 is 19.1 Å². The molecule has 2 aliphatic rings. The molecule has 0 radical (unpaired) electrons. The van der Waals surface area contributed by atoms with Crippen LogP contribution in [0.25, 0.3) is 0 Å². The van der Waals surface area contributed by atoms with Crippen LogP contribution in [0.15, 0.2) is 58.9 Å².